The number of hydrogen-bond donors (Lipinski definition) is 3. The van der Waals surface area contributed by atoms with Crippen LogP contribution in [0, 0.1) is 5.41 Å². The number of rotatable bonds is 1. The quantitative estimate of drug-likeness (QED) is 0.350. The fraction of sp³-hybridized carbons (Fsp3) is 0.500. The molecule has 0 aliphatic carbocycles. The van der Waals surface area contributed by atoms with Crippen molar-refractivity contribution in [1.29, 1.82) is 5.41 Å². The van der Waals surface area contributed by atoms with Crippen LogP contribution >= 0.6 is 17.0 Å². The Hall–Kier alpha value is -0.0900. The fourth-order valence-electron chi connectivity index (χ4n) is 0. The van der Waals surface area contributed by atoms with Gasteiger partial charge in [-0.25, -0.2) is 0 Å². The number of hydrogen-bond acceptors (Lipinski definition) is 2. The number of nitrogens with two attached hydrogens (primary N) is 2. The summed E-state index contributed by atoms with van der Waals surface area (Å²) in [6.45, 7) is 0.167. The van der Waals surface area contributed by atoms with E-state index < -0.39 is 0 Å². The van der Waals surface area contributed by atoms with Crippen LogP contribution in [0.4, 0.5) is 0 Å². The molecule has 0 aromatic heterocycles. The molecule has 0 aliphatic heterocycles. The first-order chi connectivity index (χ1) is 2.27. The van der Waals surface area contributed by atoms with Crippen LogP contribution in [0.5, 0.6) is 0 Å². The Morgan fingerprint density at radius 1 is 1.67 bits per heavy atom. The Labute approximate surface area is 47.0 Å². The van der Waals surface area contributed by atoms with Gasteiger partial charge in [-0.1, -0.05) is 0 Å². The minimum Gasteiger partial charge on any atom is -0.387 e. The third kappa shape index (κ3) is 9.08. The van der Waals surface area contributed by atoms with Crippen LogP contribution in [-0.4, -0.2) is 12.4 Å². The summed E-state index contributed by atoms with van der Waals surface area (Å²) in [4.78, 5) is 0. The van der Waals surface area contributed by atoms with Gasteiger partial charge in [0.15, 0.2) is 0 Å². The van der Waals surface area contributed by atoms with Gasteiger partial charge in [0, 0.05) is 0 Å². The van der Waals surface area contributed by atoms with Gasteiger partial charge >= 0.3 is 0 Å². The molecule has 0 aromatic rings. The summed E-state index contributed by atoms with van der Waals surface area (Å²) in [5, 5.41) is 6.40. The normalized spacial score (nSPS) is 6.17. The van der Waals surface area contributed by atoms with E-state index in [2.05, 4.69) is 0 Å². The second-order valence-corrected chi connectivity index (χ2v) is 0.729. The predicted molar refractivity (Wildman–Crippen MR) is 31.3 cm³/mol. The molecule has 3 nitrogen and oxygen atoms in total. The molecule has 0 aromatic carbocycles. The average molecular weight is 154 g/mol. The van der Waals surface area contributed by atoms with Crippen molar-refractivity contribution < 1.29 is 0 Å². The Morgan fingerprint density at radius 3 is 1.83 bits per heavy atom. The summed E-state index contributed by atoms with van der Waals surface area (Å²) in [6.07, 6.45) is 0. The second kappa shape index (κ2) is 4.91. The van der Waals surface area contributed by atoms with E-state index >= 15 is 0 Å². The molecular formula is C2H8BrN3. The Kier molecular flexibility index (Phi) is 7.63. The van der Waals surface area contributed by atoms with Crippen molar-refractivity contribution in [1.82, 2.24) is 0 Å². The second-order valence-electron chi connectivity index (χ2n) is 0.729. The predicted octanol–water partition coefficient (Wildman–Crippen LogP) is -0.541. The molecule has 38 valence electrons. The minimum absolute atomic E-state index is 0. The van der Waals surface area contributed by atoms with Gasteiger partial charge in [-0.2, -0.15) is 0 Å². The lowest BCUT2D eigenvalue weighted by Crippen LogP contribution is -2.20. The maximum absolute atomic E-state index is 6.40. The van der Waals surface area contributed by atoms with E-state index in [-0.39, 0.29) is 29.4 Å². The molecule has 0 heterocycles. The van der Waals surface area contributed by atoms with Crippen molar-refractivity contribution in [2.24, 2.45) is 11.5 Å². The van der Waals surface area contributed by atoms with Gasteiger partial charge in [-0.15, -0.1) is 17.0 Å². The third-order valence-corrected chi connectivity index (χ3v) is 0.220. The summed E-state index contributed by atoms with van der Waals surface area (Å²) in [7, 11) is 0. The van der Waals surface area contributed by atoms with Crippen molar-refractivity contribution in [3.8, 4) is 0 Å². The van der Waals surface area contributed by atoms with Gasteiger partial charge < -0.3 is 11.5 Å². The number of amidine groups is 1. The molecule has 0 spiro atoms. The maximum atomic E-state index is 6.40. The van der Waals surface area contributed by atoms with Crippen LogP contribution in [0.15, 0.2) is 0 Å². The molecule has 5 N–H and O–H groups in total. The SMILES string of the molecule is Br.N=C(N)CN. The van der Waals surface area contributed by atoms with E-state index in [0.29, 0.717) is 0 Å². The maximum Gasteiger partial charge on any atom is 0.105 e. The Balaban J connectivity index is 0. The molecule has 0 aliphatic rings. The first-order valence-corrected chi connectivity index (χ1v) is 1.30. The van der Waals surface area contributed by atoms with E-state index in [0.717, 1.165) is 0 Å². The first kappa shape index (κ1) is 9.32. The molecule has 0 saturated carbocycles. The van der Waals surface area contributed by atoms with Crippen molar-refractivity contribution in [3.63, 3.8) is 0 Å². The summed E-state index contributed by atoms with van der Waals surface area (Å²) < 4.78 is 0. The molecule has 0 rings (SSSR count). The van der Waals surface area contributed by atoms with Gasteiger partial charge in [-0.3, -0.25) is 5.41 Å². The Morgan fingerprint density at radius 2 is 1.83 bits per heavy atom. The molecule has 0 unspecified atom stereocenters. The van der Waals surface area contributed by atoms with Crippen molar-refractivity contribution in [2.45, 2.75) is 0 Å². The highest BCUT2D eigenvalue weighted by Gasteiger charge is 1.70. The molecule has 4 heteroatoms. The van der Waals surface area contributed by atoms with Crippen LogP contribution in [-0.2, 0) is 0 Å². The molecule has 0 fully saturated rings. The largest absolute Gasteiger partial charge is 0.387 e. The topological polar surface area (TPSA) is 75.9 Å². The van der Waals surface area contributed by atoms with Crippen molar-refractivity contribution in [3.05, 3.63) is 0 Å². The molecular weight excluding hydrogens is 146 g/mol. The fourth-order valence-corrected chi connectivity index (χ4v) is 0. The van der Waals surface area contributed by atoms with Crippen LogP contribution in [0.25, 0.3) is 0 Å². The molecule has 0 amide bonds. The molecule has 0 radical (unpaired) electrons. The third-order valence-electron chi connectivity index (χ3n) is 0.220. The Bertz CT molecular complexity index is 44.1. The minimum atomic E-state index is 0. The highest BCUT2D eigenvalue weighted by Crippen LogP contribution is 1.38. The van der Waals surface area contributed by atoms with Crippen LogP contribution in [0.3, 0.4) is 0 Å². The molecule has 6 heavy (non-hydrogen) atoms. The highest BCUT2D eigenvalue weighted by atomic mass is 79.9. The van der Waals surface area contributed by atoms with Gasteiger partial charge in [-0.05, 0) is 0 Å². The van der Waals surface area contributed by atoms with Crippen LogP contribution in [0.1, 0.15) is 0 Å². The van der Waals surface area contributed by atoms with Crippen molar-refractivity contribution >= 4 is 22.8 Å². The number of nitrogens with one attached hydrogen (secondary N) is 1. The molecule has 0 saturated heterocycles. The highest BCUT2D eigenvalue weighted by molar-refractivity contribution is 8.93. The van der Waals surface area contributed by atoms with Crippen LogP contribution < -0.4 is 11.5 Å². The average Bonchev–Trinajstić information content (AvgIpc) is 1.38. The summed E-state index contributed by atoms with van der Waals surface area (Å²) in [5.74, 6) is 0.0324. The zero-order valence-electron chi connectivity index (χ0n) is 3.27. The van der Waals surface area contributed by atoms with Gasteiger partial charge in [0.25, 0.3) is 0 Å². The number of halogens is 1. The standard InChI is InChI=1S/C2H7N3.BrH/c3-1-2(4)5;/h1,3H2,(H3,4,5);1H. The van der Waals surface area contributed by atoms with Gasteiger partial charge in [0.2, 0.25) is 0 Å². The van der Waals surface area contributed by atoms with E-state index in [1.165, 1.54) is 0 Å². The van der Waals surface area contributed by atoms with Gasteiger partial charge in [0.1, 0.15) is 5.84 Å². The van der Waals surface area contributed by atoms with Crippen molar-refractivity contribution in [2.75, 3.05) is 6.54 Å². The van der Waals surface area contributed by atoms with E-state index in [1.807, 2.05) is 0 Å². The zero-order chi connectivity index (χ0) is 4.28. The van der Waals surface area contributed by atoms with E-state index in [9.17, 15) is 0 Å². The molecule has 0 bridgehead atoms. The smallest absolute Gasteiger partial charge is 0.105 e. The summed E-state index contributed by atoms with van der Waals surface area (Å²) in [6, 6.07) is 0. The summed E-state index contributed by atoms with van der Waals surface area (Å²) in [5.41, 5.74) is 9.57. The lowest BCUT2D eigenvalue weighted by atomic mass is 10.6. The van der Waals surface area contributed by atoms with Gasteiger partial charge in [0.05, 0.1) is 6.54 Å². The summed E-state index contributed by atoms with van der Waals surface area (Å²) >= 11 is 0. The van der Waals surface area contributed by atoms with Crippen LogP contribution in [0.2, 0.25) is 0 Å². The monoisotopic (exact) mass is 153 g/mol. The van der Waals surface area contributed by atoms with E-state index in [1.54, 1.807) is 0 Å². The lowest BCUT2D eigenvalue weighted by Gasteiger charge is -1.79. The zero-order valence-corrected chi connectivity index (χ0v) is 4.98. The first-order valence-electron chi connectivity index (χ1n) is 1.30. The molecule has 0 atom stereocenters. The lowest BCUT2D eigenvalue weighted by molar-refractivity contribution is 1.24. The van der Waals surface area contributed by atoms with E-state index in [4.69, 9.17) is 16.9 Å².